The molecule has 19 heavy (non-hydrogen) atoms. The number of anilines is 1. The summed E-state index contributed by atoms with van der Waals surface area (Å²) >= 11 is 0. The molecule has 0 aliphatic carbocycles. The zero-order chi connectivity index (χ0) is 13.2. The van der Waals surface area contributed by atoms with Gasteiger partial charge in [-0.3, -0.25) is 0 Å². The molecule has 98 valence electrons. The molecule has 0 unspecified atom stereocenters. The SMILES string of the molecule is CCOc1nc(N)nc(-c2cccc3c2OCC3)n1. The summed E-state index contributed by atoms with van der Waals surface area (Å²) in [6.45, 7) is 3.03. The highest BCUT2D eigenvalue weighted by Gasteiger charge is 2.19. The summed E-state index contributed by atoms with van der Waals surface area (Å²) < 4.78 is 10.9. The molecule has 0 saturated heterocycles. The number of benzene rings is 1. The predicted molar refractivity (Wildman–Crippen MR) is 70.0 cm³/mol. The van der Waals surface area contributed by atoms with Gasteiger partial charge in [-0.1, -0.05) is 12.1 Å². The van der Waals surface area contributed by atoms with Crippen molar-refractivity contribution in [3.05, 3.63) is 23.8 Å². The number of nitrogen functional groups attached to an aromatic ring is 1. The van der Waals surface area contributed by atoms with Crippen molar-refractivity contribution in [2.45, 2.75) is 13.3 Å². The number of rotatable bonds is 3. The number of para-hydroxylation sites is 1. The van der Waals surface area contributed by atoms with Crippen molar-refractivity contribution in [2.75, 3.05) is 18.9 Å². The maximum atomic E-state index is 5.69. The molecule has 0 saturated carbocycles. The van der Waals surface area contributed by atoms with E-state index in [2.05, 4.69) is 15.0 Å². The molecule has 1 aromatic heterocycles. The minimum Gasteiger partial charge on any atom is -0.492 e. The first-order chi connectivity index (χ1) is 9.28. The van der Waals surface area contributed by atoms with E-state index in [0.29, 0.717) is 19.0 Å². The number of ether oxygens (including phenoxy) is 2. The molecule has 2 N–H and O–H groups in total. The van der Waals surface area contributed by atoms with Crippen molar-refractivity contribution in [1.29, 1.82) is 0 Å². The van der Waals surface area contributed by atoms with Crippen LogP contribution in [0.1, 0.15) is 12.5 Å². The Morgan fingerprint density at radius 2 is 2.21 bits per heavy atom. The van der Waals surface area contributed by atoms with Gasteiger partial charge in [0, 0.05) is 6.42 Å². The van der Waals surface area contributed by atoms with Crippen LogP contribution < -0.4 is 15.2 Å². The minimum absolute atomic E-state index is 0.143. The Kier molecular flexibility index (Phi) is 2.91. The highest BCUT2D eigenvalue weighted by molar-refractivity contribution is 5.68. The first kappa shape index (κ1) is 11.7. The van der Waals surface area contributed by atoms with E-state index in [1.807, 2.05) is 25.1 Å². The van der Waals surface area contributed by atoms with Crippen LogP contribution in [0.3, 0.4) is 0 Å². The zero-order valence-corrected chi connectivity index (χ0v) is 10.6. The molecule has 0 radical (unpaired) electrons. The summed E-state index contributed by atoms with van der Waals surface area (Å²) in [7, 11) is 0. The smallest absolute Gasteiger partial charge is 0.321 e. The van der Waals surface area contributed by atoms with Crippen LogP contribution in [0.2, 0.25) is 0 Å². The van der Waals surface area contributed by atoms with Crippen LogP contribution in [-0.4, -0.2) is 28.2 Å². The fraction of sp³-hybridized carbons (Fsp3) is 0.308. The number of nitrogens with zero attached hydrogens (tertiary/aromatic N) is 3. The molecule has 2 heterocycles. The number of fused-ring (bicyclic) bond motifs is 1. The monoisotopic (exact) mass is 258 g/mol. The van der Waals surface area contributed by atoms with Gasteiger partial charge in [-0.15, -0.1) is 0 Å². The van der Waals surface area contributed by atoms with Crippen LogP contribution in [0.15, 0.2) is 18.2 Å². The Morgan fingerprint density at radius 3 is 3.05 bits per heavy atom. The quantitative estimate of drug-likeness (QED) is 0.897. The molecule has 0 amide bonds. The third kappa shape index (κ3) is 2.16. The van der Waals surface area contributed by atoms with Gasteiger partial charge in [0.15, 0.2) is 5.82 Å². The van der Waals surface area contributed by atoms with Gasteiger partial charge in [0.1, 0.15) is 5.75 Å². The van der Waals surface area contributed by atoms with Crippen molar-refractivity contribution in [1.82, 2.24) is 15.0 Å². The Morgan fingerprint density at radius 1 is 1.32 bits per heavy atom. The van der Waals surface area contributed by atoms with E-state index in [1.54, 1.807) is 0 Å². The topological polar surface area (TPSA) is 83.2 Å². The third-order valence-electron chi connectivity index (χ3n) is 2.86. The lowest BCUT2D eigenvalue weighted by Gasteiger charge is -2.08. The summed E-state index contributed by atoms with van der Waals surface area (Å²) in [5, 5.41) is 0. The molecule has 1 aromatic carbocycles. The first-order valence-corrected chi connectivity index (χ1v) is 6.17. The maximum Gasteiger partial charge on any atom is 0.321 e. The van der Waals surface area contributed by atoms with Crippen LogP contribution >= 0.6 is 0 Å². The van der Waals surface area contributed by atoms with Crippen LogP contribution in [0.5, 0.6) is 11.8 Å². The van der Waals surface area contributed by atoms with E-state index >= 15 is 0 Å². The summed E-state index contributed by atoms with van der Waals surface area (Å²) in [5.74, 6) is 1.45. The van der Waals surface area contributed by atoms with Crippen molar-refractivity contribution in [3.8, 4) is 23.1 Å². The van der Waals surface area contributed by atoms with E-state index < -0.39 is 0 Å². The number of aromatic nitrogens is 3. The molecule has 2 aromatic rings. The summed E-state index contributed by atoms with van der Waals surface area (Å²) in [6.07, 6.45) is 0.905. The van der Waals surface area contributed by atoms with Gasteiger partial charge in [-0.05, 0) is 18.6 Å². The normalized spacial score (nSPS) is 12.9. The molecule has 6 heteroatoms. The van der Waals surface area contributed by atoms with Gasteiger partial charge in [0.2, 0.25) is 5.95 Å². The zero-order valence-electron chi connectivity index (χ0n) is 10.6. The molecule has 1 aliphatic rings. The molecule has 0 atom stereocenters. The lowest BCUT2D eigenvalue weighted by atomic mass is 10.1. The van der Waals surface area contributed by atoms with Gasteiger partial charge in [0.25, 0.3) is 0 Å². The fourth-order valence-corrected chi connectivity index (χ4v) is 2.08. The van der Waals surface area contributed by atoms with Crippen LogP contribution in [0, 0.1) is 0 Å². The van der Waals surface area contributed by atoms with Crippen LogP contribution in [0.4, 0.5) is 5.95 Å². The molecule has 0 fully saturated rings. The third-order valence-corrected chi connectivity index (χ3v) is 2.86. The Bertz CT molecular complexity index is 616. The van der Waals surface area contributed by atoms with Crippen LogP contribution in [-0.2, 0) is 6.42 Å². The number of hydrogen-bond acceptors (Lipinski definition) is 6. The Balaban J connectivity index is 2.09. The van der Waals surface area contributed by atoms with Crippen molar-refractivity contribution in [3.63, 3.8) is 0 Å². The van der Waals surface area contributed by atoms with E-state index in [4.69, 9.17) is 15.2 Å². The number of hydrogen-bond donors (Lipinski definition) is 1. The maximum absolute atomic E-state index is 5.69. The van der Waals surface area contributed by atoms with Gasteiger partial charge < -0.3 is 15.2 Å². The second kappa shape index (κ2) is 4.72. The van der Waals surface area contributed by atoms with Gasteiger partial charge >= 0.3 is 6.01 Å². The lowest BCUT2D eigenvalue weighted by molar-refractivity contribution is 0.312. The van der Waals surface area contributed by atoms with E-state index in [1.165, 1.54) is 0 Å². The lowest BCUT2D eigenvalue weighted by Crippen LogP contribution is -2.05. The molecule has 0 spiro atoms. The highest BCUT2D eigenvalue weighted by Crippen LogP contribution is 2.35. The first-order valence-electron chi connectivity index (χ1n) is 6.17. The van der Waals surface area contributed by atoms with Crippen molar-refractivity contribution < 1.29 is 9.47 Å². The largest absolute Gasteiger partial charge is 0.492 e. The standard InChI is InChI=1S/C13H14N4O2/c1-2-18-13-16-11(15-12(14)17-13)9-5-3-4-8-6-7-19-10(8)9/h3-5H,2,6-7H2,1H3,(H2,14,15,16,17). The van der Waals surface area contributed by atoms with Crippen LogP contribution in [0.25, 0.3) is 11.4 Å². The average molecular weight is 258 g/mol. The molecule has 0 bridgehead atoms. The molecule has 1 aliphatic heterocycles. The van der Waals surface area contributed by atoms with Crippen molar-refractivity contribution >= 4 is 5.95 Å². The average Bonchev–Trinajstić information content (AvgIpc) is 2.86. The predicted octanol–water partition coefficient (Wildman–Crippen LogP) is 1.45. The fourth-order valence-electron chi connectivity index (χ4n) is 2.08. The molecule has 3 rings (SSSR count). The minimum atomic E-state index is 0.143. The summed E-state index contributed by atoms with van der Waals surface area (Å²) in [5.41, 5.74) is 7.67. The van der Waals surface area contributed by atoms with Gasteiger partial charge in [-0.25, -0.2) is 0 Å². The van der Waals surface area contributed by atoms with Crippen molar-refractivity contribution in [2.24, 2.45) is 0 Å². The Hall–Kier alpha value is -2.37. The summed E-state index contributed by atoms with van der Waals surface area (Å²) in [6, 6.07) is 6.15. The highest BCUT2D eigenvalue weighted by atomic mass is 16.5. The molecule has 6 nitrogen and oxygen atoms in total. The molecular weight excluding hydrogens is 244 g/mol. The second-order valence-electron chi connectivity index (χ2n) is 4.13. The summed E-state index contributed by atoms with van der Waals surface area (Å²) in [4.78, 5) is 12.4. The van der Waals surface area contributed by atoms with Gasteiger partial charge in [0.05, 0.1) is 18.8 Å². The van der Waals surface area contributed by atoms with E-state index in [0.717, 1.165) is 23.3 Å². The van der Waals surface area contributed by atoms with E-state index in [-0.39, 0.29) is 12.0 Å². The number of nitrogens with two attached hydrogens (primary N) is 1. The molecular formula is C13H14N4O2. The van der Waals surface area contributed by atoms with Gasteiger partial charge in [-0.2, -0.15) is 15.0 Å². The van der Waals surface area contributed by atoms with E-state index in [9.17, 15) is 0 Å². The second-order valence-corrected chi connectivity index (χ2v) is 4.13. The Labute approximate surface area is 110 Å².